The van der Waals surface area contributed by atoms with Gasteiger partial charge in [-0.25, -0.2) is 0 Å². The van der Waals surface area contributed by atoms with E-state index >= 15 is 0 Å². The minimum atomic E-state index is 0.581. The van der Waals surface area contributed by atoms with Crippen LogP contribution in [0, 0.1) is 6.92 Å². The van der Waals surface area contributed by atoms with E-state index in [0.717, 1.165) is 0 Å². The molecule has 1 heterocycles. The van der Waals surface area contributed by atoms with Crippen LogP contribution in [0.3, 0.4) is 0 Å². The summed E-state index contributed by atoms with van der Waals surface area (Å²) in [4.78, 5) is 4.64. The van der Waals surface area contributed by atoms with Crippen molar-refractivity contribution < 1.29 is 9.57 Å². The molecule has 0 amide bonds. The fourth-order valence-corrected chi connectivity index (χ4v) is 0.924. The quantitative estimate of drug-likeness (QED) is 0.675. The third-order valence-corrected chi connectivity index (χ3v) is 1.62. The van der Waals surface area contributed by atoms with E-state index < -0.39 is 0 Å². The van der Waals surface area contributed by atoms with E-state index in [1.807, 2.05) is 32.0 Å². The fraction of sp³-hybridized carbons (Fsp3) is 0.462. The van der Waals surface area contributed by atoms with Gasteiger partial charge in [0.25, 0.3) is 0 Å². The van der Waals surface area contributed by atoms with Crippen LogP contribution in [0.5, 0.6) is 0 Å². The van der Waals surface area contributed by atoms with Crippen molar-refractivity contribution in [2.24, 2.45) is 5.16 Å². The highest BCUT2D eigenvalue weighted by Gasteiger charge is 1.97. The van der Waals surface area contributed by atoms with E-state index in [2.05, 4.69) is 29.0 Å². The predicted molar refractivity (Wildman–Crippen MR) is 67.5 cm³/mol. The maximum Gasteiger partial charge on any atom is 0.222 e. The van der Waals surface area contributed by atoms with Gasteiger partial charge in [0.15, 0.2) is 6.61 Å². The SMILES string of the molecule is CC.CC1=NOCCO1.Cc1ccccc1. The molecule has 0 aliphatic carbocycles. The molecule has 2 rings (SSSR count). The van der Waals surface area contributed by atoms with Crippen LogP contribution in [0.15, 0.2) is 35.5 Å². The number of rotatable bonds is 0. The Balaban J connectivity index is 0.000000244. The van der Waals surface area contributed by atoms with Crippen molar-refractivity contribution in [1.82, 2.24) is 0 Å². The van der Waals surface area contributed by atoms with Gasteiger partial charge in [-0.05, 0) is 6.92 Å². The van der Waals surface area contributed by atoms with Gasteiger partial charge >= 0.3 is 0 Å². The molecule has 0 atom stereocenters. The summed E-state index contributed by atoms with van der Waals surface area (Å²) in [6, 6.07) is 10.3. The molecule has 0 bridgehead atoms. The number of nitrogens with zero attached hydrogens (tertiary/aromatic N) is 1. The maximum atomic E-state index is 4.90. The number of hydrogen-bond donors (Lipinski definition) is 0. The lowest BCUT2D eigenvalue weighted by molar-refractivity contribution is 0.0639. The van der Waals surface area contributed by atoms with Crippen molar-refractivity contribution in [2.75, 3.05) is 13.2 Å². The van der Waals surface area contributed by atoms with E-state index in [1.165, 1.54) is 5.56 Å². The van der Waals surface area contributed by atoms with Gasteiger partial charge in [0.05, 0.1) is 0 Å². The van der Waals surface area contributed by atoms with Crippen LogP contribution in [0.2, 0.25) is 0 Å². The Kier molecular flexibility index (Phi) is 9.08. The van der Waals surface area contributed by atoms with Crippen LogP contribution < -0.4 is 0 Å². The van der Waals surface area contributed by atoms with Crippen LogP contribution in [0.1, 0.15) is 26.3 Å². The fourth-order valence-electron chi connectivity index (χ4n) is 0.924. The van der Waals surface area contributed by atoms with Crippen LogP contribution in [0.25, 0.3) is 0 Å². The Bertz CT molecular complexity index is 283. The van der Waals surface area contributed by atoms with Gasteiger partial charge in [0.1, 0.15) is 6.61 Å². The summed E-state index contributed by atoms with van der Waals surface area (Å²) < 4.78 is 4.90. The average Bonchev–Trinajstić information content (AvgIpc) is 2.34. The first-order valence-corrected chi connectivity index (χ1v) is 5.60. The minimum absolute atomic E-state index is 0.581. The Morgan fingerprint density at radius 1 is 1.00 bits per heavy atom. The molecule has 1 aromatic rings. The molecule has 0 fully saturated rings. The third-order valence-electron chi connectivity index (χ3n) is 1.62. The van der Waals surface area contributed by atoms with Crippen LogP contribution in [0.4, 0.5) is 0 Å². The second-order valence-corrected chi connectivity index (χ2v) is 2.95. The molecule has 0 spiro atoms. The molecule has 1 aliphatic rings. The highest BCUT2D eigenvalue weighted by Crippen LogP contribution is 1.92. The summed E-state index contributed by atoms with van der Waals surface area (Å²) in [5.74, 6) is 0.617. The molecule has 0 saturated carbocycles. The van der Waals surface area contributed by atoms with Crippen molar-refractivity contribution in [1.29, 1.82) is 0 Å². The lowest BCUT2D eigenvalue weighted by Gasteiger charge is -2.08. The molecule has 0 saturated heterocycles. The van der Waals surface area contributed by atoms with E-state index in [0.29, 0.717) is 19.1 Å². The molecule has 0 radical (unpaired) electrons. The molecule has 0 aromatic heterocycles. The summed E-state index contributed by atoms with van der Waals surface area (Å²) in [5.41, 5.74) is 1.32. The predicted octanol–water partition coefficient (Wildman–Crippen LogP) is 3.39. The minimum Gasteiger partial charge on any atom is -0.475 e. The first kappa shape index (κ1) is 14.5. The maximum absolute atomic E-state index is 4.90. The number of hydrogen-bond acceptors (Lipinski definition) is 3. The Morgan fingerprint density at radius 3 is 1.88 bits per heavy atom. The Morgan fingerprint density at radius 2 is 1.62 bits per heavy atom. The molecular formula is C13H21NO2. The average molecular weight is 223 g/mol. The molecule has 3 nitrogen and oxygen atoms in total. The number of aryl methyl sites for hydroxylation is 1. The normalized spacial score (nSPS) is 12.6. The van der Waals surface area contributed by atoms with E-state index in [9.17, 15) is 0 Å². The van der Waals surface area contributed by atoms with Gasteiger partial charge in [-0.2, -0.15) is 0 Å². The summed E-state index contributed by atoms with van der Waals surface area (Å²) in [6.07, 6.45) is 0. The molecule has 90 valence electrons. The first-order chi connectivity index (χ1) is 7.79. The van der Waals surface area contributed by atoms with E-state index in [1.54, 1.807) is 6.92 Å². The highest BCUT2D eigenvalue weighted by atomic mass is 16.7. The number of ether oxygens (including phenoxy) is 1. The van der Waals surface area contributed by atoms with Gasteiger partial charge < -0.3 is 9.57 Å². The molecule has 3 heteroatoms. The van der Waals surface area contributed by atoms with Crippen LogP contribution in [-0.2, 0) is 9.57 Å². The lowest BCUT2D eigenvalue weighted by Crippen LogP contribution is -2.12. The second kappa shape index (κ2) is 10.0. The summed E-state index contributed by atoms with van der Waals surface area (Å²) in [7, 11) is 0. The molecule has 0 unspecified atom stereocenters. The smallest absolute Gasteiger partial charge is 0.222 e. The zero-order chi connectivity index (χ0) is 12.2. The van der Waals surface area contributed by atoms with Crippen molar-refractivity contribution in [2.45, 2.75) is 27.7 Å². The summed E-state index contributed by atoms with van der Waals surface area (Å²) >= 11 is 0. The van der Waals surface area contributed by atoms with Gasteiger partial charge in [-0.15, -0.1) is 0 Å². The molecule has 0 N–H and O–H groups in total. The van der Waals surface area contributed by atoms with Gasteiger partial charge in [-0.3, -0.25) is 0 Å². The highest BCUT2D eigenvalue weighted by molar-refractivity contribution is 5.72. The Hall–Kier alpha value is -1.51. The number of benzene rings is 1. The standard InChI is InChI=1S/C7H8.C4H7NO2.C2H6/c1-7-5-3-2-4-6-7;1-4-5-7-3-2-6-4;1-2/h2-6H,1H3;2-3H2,1H3;1-2H3. The zero-order valence-electron chi connectivity index (χ0n) is 10.6. The van der Waals surface area contributed by atoms with Gasteiger partial charge in [-0.1, -0.05) is 54.9 Å². The van der Waals surface area contributed by atoms with Gasteiger partial charge in [0.2, 0.25) is 5.90 Å². The summed E-state index contributed by atoms with van der Waals surface area (Å²) in [5, 5.41) is 3.52. The van der Waals surface area contributed by atoms with Gasteiger partial charge in [0, 0.05) is 6.92 Å². The van der Waals surface area contributed by atoms with Crippen LogP contribution in [-0.4, -0.2) is 19.1 Å². The molecule has 1 aliphatic heterocycles. The third kappa shape index (κ3) is 7.85. The van der Waals surface area contributed by atoms with E-state index in [4.69, 9.17) is 4.74 Å². The Labute approximate surface area is 98.1 Å². The van der Waals surface area contributed by atoms with Crippen molar-refractivity contribution in [3.05, 3.63) is 35.9 Å². The monoisotopic (exact) mass is 223 g/mol. The van der Waals surface area contributed by atoms with Crippen molar-refractivity contribution >= 4 is 5.90 Å². The molecule has 1 aromatic carbocycles. The lowest BCUT2D eigenvalue weighted by atomic mass is 10.2. The first-order valence-electron chi connectivity index (χ1n) is 5.60. The van der Waals surface area contributed by atoms with Crippen LogP contribution >= 0.6 is 0 Å². The van der Waals surface area contributed by atoms with Crippen molar-refractivity contribution in [3.8, 4) is 0 Å². The molecular weight excluding hydrogens is 202 g/mol. The zero-order valence-corrected chi connectivity index (χ0v) is 10.6. The topological polar surface area (TPSA) is 30.8 Å². The molecule has 16 heavy (non-hydrogen) atoms. The van der Waals surface area contributed by atoms with Crippen molar-refractivity contribution in [3.63, 3.8) is 0 Å². The largest absolute Gasteiger partial charge is 0.475 e. The number of oxime groups is 1. The van der Waals surface area contributed by atoms with E-state index in [-0.39, 0.29) is 0 Å². The second-order valence-electron chi connectivity index (χ2n) is 2.95. The summed E-state index contributed by atoms with van der Waals surface area (Å²) in [6.45, 7) is 9.06.